The molecule has 24 heavy (non-hydrogen) atoms. The lowest BCUT2D eigenvalue weighted by molar-refractivity contribution is -0.130. The quantitative estimate of drug-likeness (QED) is 0.765. The number of amides is 2. The van der Waals surface area contributed by atoms with E-state index >= 15 is 0 Å². The molecule has 7 heteroatoms. The van der Waals surface area contributed by atoms with Gasteiger partial charge in [-0.2, -0.15) is 0 Å². The number of fused-ring (bicyclic) bond motifs is 1. The third-order valence-corrected chi connectivity index (χ3v) is 4.52. The van der Waals surface area contributed by atoms with Crippen molar-refractivity contribution >= 4 is 11.8 Å². The van der Waals surface area contributed by atoms with E-state index in [1.54, 1.807) is 13.2 Å². The Kier molecular flexibility index (Phi) is 5.22. The molecule has 0 radical (unpaired) electrons. The van der Waals surface area contributed by atoms with Gasteiger partial charge in [0.25, 0.3) is 5.91 Å². The Morgan fingerprint density at radius 2 is 1.96 bits per heavy atom. The van der Waals surface area contributed by atoms with E-state index in [4.69, 9.17) is 0 Å². The van der Waals surface area contributed by atoms with Crippen LogP contribution in [0.15, 0.2) is 24.2 Å². The molecule has 0 spiro atoms. The highest BCUT2D eigenvalue weighted by Crippen LogP contribution is 2.28. The van der Waals surface area contributed by atoms with Crippen LogP contribution in [0.2, 0.25) is 0 Å². The second-order valence-corrected chi connectivity index (χ2v) is 7.48. The van der Waals surface area contributed by atoms with Crippen LogP contribution in [0.1, 0.15) is 20.8 Å². The molecule has 1 unspecified atom stereocenters. The molecule has 0 aromatic rings. The number of piperazine rings is 1. The summed E-state index contributed by atoms with van der Waals surface area (Å²) < 4.78 is 0. The first-order valence-electron chi connectivity index (χ1n) is 8.27. The lowest BCUT2D eigenvalue weighted by Gasteiger charge is -2.32. The van der Waals surface area contributed by atoms with Gasteiger partial charge in [0.2, 0.25) is 5.91 Å². The van der Waals surface area contributed by atoms with Gasteiger partial charge < -0.3 is 20.4 Å². The number of hydrogen-bond acceptors (Lipinski definition) is 5. The Bertz CT molecular complexity index is 564. The van der Waals surface area contributed by atoms with E-state index in [1.165, 1.54) is 0 Å². The van der Waals surface area contributed by atoms with E-state index in [0.717, 1.165) is 18.8 Å². The van der Waals surface area contributed by atoms with Gasteiger partial charge in [0, 0.05) is 26.7 Å². The SMILES string of the molecule is C=CN1CN2CCN(C)CC2=C1C(=O)NC(C(=O)NC)C(C)(C)C. The predicted octanol–water partition coefficient (Wildman–Crippen LogP) is 0.139. The van der Waals surface area contributed by atoms with Crippen LogP contribution < -0.4 is 10.6 Å². The van der Waals surface area contributed by atoms with Crippen LogP contribution in [0.4, 0.5) is 0 Å². The Labute approximate surface area is 144 Å². The molecule has 134 valence electrons. The molecule has 1 atom stereocenters. The fraction of sp³-hybridized carbons (Fsp3) is 0.647. The Balaban J connectivity index is 2.29. The second-order valence-electron chi connectivity index (χ2n) is 7.48. The van der Waals surface area contributed by atoms with Gasteiger partial charge >= 0.3 is 0 Å². The number of hydrogen-bond donors (Lipinski definition) is 2. The molecule has 2 heterocycles. The molecular weight excluding hydrogens is 306 g/mol. The summed E-state index contributed by atoms with van der Waals surface area (Å²) in [5.74, 6) is -0.423. The first-order chi connectivity index (χ1) is 11.2. The maximum Gasteiger partial charge on any atom is 0.270 e. The summed E-state index contributed by atoms with van der Waals surface area (Å²) in [5, 5.41) is 5.55. The molecule has 2 rings (SSSR count). The van der Waals surface area contributed by atoms with Crippen molar-refractivity contribution in [3.8, 4) is 0 Å². The smallest absolute Gasteiger partial charge is 0.270 e. The average Bonchev–Trinajstić information content (AvgIpc) is 2.88. The van der Waals surface area contributed by atoms with E-state index < -0.39 is 6.04 Å². The lowest BCUT2D eigenvalue weighted by atomic mass is 9.86. The van der Waals surface area contributed by atoms with Crippen molar-refractivity contribution in [3.63, 3.8) is 0 Å². The maximum absolute atomic E-state index is 13.0. The third kappa shape index (κ3) is 3.56. The predicted molar refractivity (Wildman–Crippen MR) is 93.6 cm³/mol. The zero-order valence-electron chi connectivity index (χ0n) is 15.3. The Hall–Kier alpha value is -2.02. The number of nitrogens with one attached hydrogen (secondary N) is 2. The van der Waals surface area contributed by atoms with E-state index in [9.17, 15) is 9.59 Å². The molecule has 2 N–H and O–H groups in total. The molecule has 0 aromatic carbocycles. The maximum atomic E-state index is 13.0. The van der Waals surface area contributed by atoms with Gasteiger partial charge in [0.05, 0.1) is 12.4 Å². The zero-order valence-corrected chi connectivity index (χ0v) is 15.3. The minimum atomic E-state index is -0.606. The molecule has 2 aliphatic rings. The highest BCUT2D eigenvalue weighted by molar-refractivity contribution is 5.97. The average molecular weight is 335 g/mol. The first-order valence-corrected chi connectivity index (χ1v) is 8.27. The third-order valence-electron chi connectivity index (χ3n) is 4.52. The molecule has 1 saturated heterocycles. The van der Waals surface area contributed by atoms with Crippen LogP contribution in [0.25, 0.3) is 0 Å². The molecule has 7 nitrogen and oxygen atoms in total. The normalized spacial score (nSPS) is 19.9. The van der Waals surface area contributed by atoms with Crippen molar-refractivity contribution in [3.05, 3.63) is 24.2 Å². The van der Waals surface area contributed by atoms with Crippen LogP contribution in [0.3, 0.4) is 0 Å². The van der Waals surface area contributed by atoms with Crippen molar-refractivity contribution in [2.75, 3.05) is 40.4 Å². The zero-order chi connectivity index (χ0) is 18.1. The van der Waals surface area contributed by atoms with Gasteiger partial charge in [-0.05, 0) is 18.7 Å². The van der Waals surface area contributed by atoms with Gasteiger partial charge in [0.1, 0.15) is 11.7 Å². The highest BCUT2D eigenvalue weighted by Gasteiger charge is 2.38. The standard InChI is InChI=1S/C17H29N5O2/c1-7-21-11-22-9-8-20(6)10-12(22)13(21)15(23)19-14(16(24)18-5)17(2,3)4/h7,14H,1,8-11H2,2-6H3,(H,18,24)(H,19,23). The fourth-order valence-electron chi connectivity index (χ4n) is 3.09. The summed E-state index contributed by atoms with van der Waals surface area (Å²) in [5.41, 5.74) is 1.20. The lowest BCUT2D eigenvalue weighted by Crippen LogP contribution is -2.53. The highest BCUT2D eigenvalue weighted by atomic mass is 16.2. The van der Waals surface area contributed by atoms with Crippen molar-refractivity contribution in [1.29, 1.82) is 0 Å². The molecule has 2 amide bonds. The van der Waals surface area contributed by atoms with Crippen molar-refractivity contribution in [2.45, 2.75) is 26.8 Å². The summed E-state index contributed by atoms with van der Waals surface area (Å²) in [4.78, 5) is 31.4. The summed E-state index contributed by atoms with van der Waals surface area (Å²) in [6, 6.07) is -0.606. The topological polar surface area (TPSA) is 67.9 Å². The van der Waals surface area contributed by atoms with Gasteiger partial charge in [-0.1, -0.05) is 27.4 Å². The van der Waals surface area contributed by atoms with Crippen molar-refractivity contribution in [1.82, 2.24) is 25.3 Å². The molecule has 1 fully saturated rings. The van der Waals surface area contributed by atoms with Gasteiger partial charge in [0.15, 0.2) is 0 Å². The van der Waals surface area contributed by atoms with Gasteiger partial charge in [-0.25, -0.2) is 0 Å². The molecule has 0 bridgehead atoms. The fourth-order valence-corrected chi connectivity index (χ4v) is 3.09. The van der Waals surface area contributed by atoms with Crippen LogP contribution in [-0.4, -0.2) is 73.0 Å². The number of carbonyl (C=O) groups excluding carboxylic acids is 2. The molecule has 0 aliphatic carbocycles. The molecular formula is C17H29N5O2. The molecule has 0 saturated carbocycles. The minimum absolute atomic E-state index is 0.192. The summed E-state index contributed by atoms with van der Waals surface area (Å²) in [6.45, 7) is 12.8. The summed E-state index contributed by atoms with van der Waals surface area (Å²) in [6.07, 6.45) is 1.67. The first kappa shape index (κ1) is 18.3. The van der Waals surface area contributed by atoms with Crippen LogP contribution >= 0.6 is 0 Å². The number of nitrogens with zero attached hydrogens (tertiary/aromatic N) is 3. The van der Waals surface area contributed by atoms with Crippen LogP contribution in [0.5, 0.6) is 0 Å². The number of likely N-dealkylation sites (N-methyl/N-ethyl adjacent to an activating group) is 2. The van der Waals surface area contributed by atoms with Crippen molar-refractivity contribution in [2.24, 2.45) is 5.41 Å². The van der Waals surface area contributed by atoms with E-state index in [-0.39, 0.29) is 17.2 Å². The van der Waals surface area contributed by atoms with Gasteiger partial charge in [-0.3, -0.25) is 14.5 Å². The number of rotatable bonds is 4. The van der Waals surface area contributed by atoms with E-state index in [0.29, 0.717) is 18.9 Å². The largest absolute Gasteiger partial charge is 0.357 e. The monoisotopic (exact) mass is 335 g/mol. The Morgan fingerprint density at radius 3 is 2.50 bits per heavy atom. The summed E-state index contributed by atoms with van der Waals surface area (Å²) >= 11 is 0. The Morgan fingerprint density at radius 1 is 1.29 bits per heavy atom. The summed E-state index contributed by atoms with van der Waals surface area (Å²) in [7, 11) is 3.62. The van der Waals surface area contributed by atoms with Gasteiger partial charge in [-0.15, -0.1) is 0 Å². The van der Waals surface area contributed by atoms with Crippen LogP contribution in [0, 0.1) is 5.41 Å². The number of carbonyl (C=O) groups is 2. The van der Waals surface area contributed by atoms with E-state index in [2.05, 4.69) is 27.0 Å². The van der Waals surface area contributed by atoms with E-state index in [1.807, 2.05) is 32.7 Å². The minimum Gasteiger partial charge on any atom is -0.357 e. The van der Waals surface area contributed by atoms with Crippen LogP contribution in [-0.2, 0) is 9.59 Å². The van der Waals surface area contributed by atoms with Crippen molar-refractivity contribution < 1.29 is 9.59 Å². The molecule has 2 aliphatic heterocycles. The second kappa shape index (κ2) is 6.84. The molecule has 0 aromatic heterocycles.